The SMILES string of the molecule is COc1cc(C(=O)NCc2ccc(N3CC(C)OC(C)C3)c(F)c2)cc(OC)c1OCC(N)=O. The van der Waals surface area contributed by atoms with Crippen molar-refractivity contribution in [2.45, 2.75) is 32.6 Å². The first-order valence-corrected chi connectivity index (χ1v) is 10.9. The Hall–Kier alpha value is -3.53. The summed E-state index contributed by atoms with van der Waals surface area (Å²) in [5.74, 6) is -0.873. The molecule has 0 radical (unpaired) electrons. The molecule has 1 aliphatic rings. The molecule has 1 heterocycles. The fraction of sp³-hybridized carbons (Fsp3) is 0.417. The van der Waals surface area contributed by atoms with Crippen LogP contribution in [0.25, 0.3) is 0 Å². The summed E-state index contributed by atoms with van der Waals surface area (Å²) in [6, 6.07) is 7.84. The largest absolute Gasteiger partial charge is 0.493 e. The van der Waals surface area contributed by atoms with E-state index in [-0.39, 0.29) is 54.0 Å². The number of halogens is 1. The molecule has 2 atom stereocenters. The van der Waals surface area contributed by atoms with Gasteiger partial charge in [0.1, 0.15) is 5.82 Å². The van der Waals surface area contributed by atoms with E-state index in [1.807, 2.05) is 18.7 Å². The van der Waals surface area contributed by atoms with Crippen molar-refractivity contribution in [2.24, 2.45) is 5.73 Å². The van der Waals surface area contributed by atoms with Gasteiger partial charge in [0.25, 0.3) is 11.8 Å². The van der Waals surface area contributed by atoms with E-state index >= 15 is 0 Å². The number of benzene rings is 2. The van der Waals surface area contributed by atoms with Crippen molar-refractivity contribution in [2.75, 3.05) is 38.8 Å². The molecule has 0 saturated carbocycles. The van der Waals surface area contributed by atoms with E-state index in [2.05, 4.69) is 5.32 Å². The molecule has 2 unspecified atom stereocenters. The summed E-state index contributed by atoms with van der Waals surface area (Å²) in [6.07, 6.45) is 0.0346. The number of anilines is 1. The van der Waals surface area contributed by atoms with Gasteiger partial charge in [-0.05, 0) is 43.7 Å². The zero-order chi connectivity index (χ0) is 24.8. The lowest BCUT2D eigenvalue weighted by atomic mass is 10.1. The third kappa shape index (κ3) is 6.07. The first-order valence-electron chi connectivity index (χ1n) is 10.9. The fourth-order valence-electron chi connectivity index (χ4n) is 3.87. The van der Waals surface area contributed by atoms with Gasteiger partial charge in [-0.25, -0.2) is 4.39 Å². The van der Waals surface area contributed by atoms with Crippen molar-refractivity contribution >= 4 is 17.5 Å². The number of nitrogens with one attached hydrogen (secondary N) is 1. The summed E-state index contributed by atoms with van der Waals surface area (Å²) >= 11 is 0. The predicted molar refractivity (Wildman–Crippen MR) is 124 cm³/mol. The molecule has 2 aromatic carbocycles. The Balaban J connectivity index is 1.70. The molecule has 1 aliphatic heterocycles. The number of carbonyl (C=O) groups is 2. The van der Waals surface area contributed by atoms with Crippen molar-refractivity contribution in [3.05, 3.63) is 47.3 Å². The molecular weight excluding hydrogens is 445 g/mol. The minimum atomic E-state index is -0.665. The van der Waals surface area contributed by atoms with Crippen molar-refractivity contribution in [3.8, 4) is 17.2 Å². The Morgan fingerprint density at radius 2 is 1.74 bits per heavy atom. The third-order valence-corrected chi connectivity index (χ3v) is 5.31. The van der Waals surface area contributed by atoms with Gasteiger partial charge in [0.05, 0.1) is 32.1 Å². The lowest BCUT2D eigenvalue weighted by molar-refractivity contribution is -0.120. The van der Waals surface area contributed by atoms with Gasteiger partial charge in [-0.2, -0.15) is 0 Å². The van der Waals surface area contributed by atoms with Gasteiger partial charge in [0.2, 0.25) is 5.75 Å². The molecule has 3 rings (SSSR count). The summed E-state index contributed by atoms with van der Waals surface area (Å²) in [6.45, 7) is 4.90. The number of carbonyl (C=O) groups excluding carboxylic acids is 2. The molecule has 10 heteroatoms. The Labute approximate surface area is 197 Å². The van der Waals surface area contributed by atoms with Crippen molar-refractivity contribution in [1.82, 2.24) is 5.32 Å². The van der Waals surface area contributed by atoms with Crippen molar-refractivity contribution < 1.29 is 32.9 Å². The monoisotopic (exact) mass is 475 g/mol. The summed E-state index contributed by atoms with van der Waals surface area (Å²) in [4.78, 5) is 25.8. The second-order valence-corrected chi connectivity index (χ2v) is 8.10. The molecule has 3 N–H and O–H groups in total. The van der Waals surface area contributed by atoms with E-state index < -0.39 is 11.8 Å². The maximum absolute atomic E-state index is 14.8. The van der Waals surface area contributed by atoms with Crippen molar-refractivity contribution in [1.29, 1.82) is 0 Å². The average molecular weight is 476 g/mol. The Bertz CT molecular complexity index is 1010. The third-order valence-electron chi connectivity index (χ3n) is 5.31. The number of ether oxygens (including phenoxy) is 4. The van der Waals surface area contributed by atoms with E-state index in [0.29, 0.717) is 24.3 Å². The number of rotatable bonds is 9. The maximum Gasteiger partial charge on any atom is 0.255 e. The lowest BCUT2D eigenvalue weighted by Gasteiger charge is -2.37. The molecule has 9 nitrogen and oxygen atoms in total. The van der Waals surface area contributed by atoms with Crippen molar-refractivity contribution in [3.63, 3.8) is 0 Å². The Morgan fingerprint density at radius 1 is 1.12 bits per heavy atom. The molecule has 2 aromatic rings. The van der Waals surface area contributed by atoms with Crippen LogP contribution in [0.5, 0.6) is 17.2 Å². The minimum Gasteiger partial charge on any atom is -0.493 e. The molecule has 0 bridgehead atoms. The first-order chi connectivity index (χ1) is 16.2. The standard InChI is InChI=1S/C24H30FN3O6/c1-14-11-28(12-15(2)34-14)19-6-5-16(7-18(19)25)10-27-24(30)17-8-20(31-3)23(21(9-17)32-4)33-13-22(26)29/h5-9,14-15H,10-13H2,1-4H3,(H2,26,29)(H,27,30). The number of morpholine rings is 1. The normalized spacial score (nSPS) is 17.7. The van der Waals surface area contributed by atoms with E-state index in [9.17, 15) is 14.0 Å². The van der Waals surface area contributed by atoms with Gasteiger partial charge in [-0.3, -0.25) is 9.59 Å². The summed E-state index contributed by atoms with van der Waals surface area (Å²) in [7, 11) is 2.79. The highest BCUT2D eigenvalue weighted by atomic mass is 19.1. The molecule has 0 spiro atoms. The Kier molecular flexibility index (Phi) is 8.17. The fourth-order valence-corrected chi connectivity index (χ4v) is 3.87. The highest BCUT2D eigenvalue weighted by Crippen LogP contribution is 2.38. The van der Waals surface area contributed by atoms with Crippen LogP contribution >= 0.6 is 0 Å². The molecular formula is C24H30FN3O6. The van der Waals surface area contributed by atoms with Crippen LogP contribution in [0.4, 0.5) is 10.1 Å². The highest BCUT2D eigenvalue weighted by molar-refractivity contribution is 5.95. The molecule has 2 amide bonds. The molecule has 34 heavy (non-hydrogen) atoms. The van der Waals surface area contributed by atoms with Crippen LogP contribution in [0.3, 0.4) is 0 Å². The number of nitrogens with two attached hydrogens (primary N) is 1. The van der Waals surface area contributed by atoms with Gasteiger partial charge in [0.15, 0.2) is 18.1 Å². The van der Waals surface area contributed by atoms with Gasteiger partial charge in [0, 0.05) is 25.2 Å². The number of methoxy groups -OCH3 is 2. The minimum absolute atomic E-state index is 0.0173. The zero-order valence-corrected chi connectivity index (χ0v) is 19.7. The number of primary amides is 1. The van der Waals surface area contributed by atoms with E-state index in [4.69, 9.17) is 24.7 Å². The van der Waals surface area contributed by atoms with Gasteiger partial charge in [-0.15, -0.1) is 0 Å². The highest BCUT2D eigenvalue weighted by Gasteiger charge is 2.24. The van der Waals surface area contributed by atoms with Gasteiger partial charge < -0.3 is 34.9 Å². The van der Waals surface area contributed by atoms with Crippen LogP contribution in [-0.4, -0.2) is 57.9 Å². The zero-order valence-electron chi connectivity index (χ0n) is 19.7. The smallest absolute Gasteiger partial charge is 0.255 e. The van der Waals surface area contributed by atoms with Crippen LogP contribution in [0.2, 0.25) is 0 Å². The van der Waals surface area contributed by atoms with Crippen LogP contribution in [0, 0.1) is 5.82 Å². The molecule has 184 valence electrons. The number of hydrogen-bond acceptors (Lipinski definition) is 7. The quantitative estimate of drug-likeness (QED) is 0.572. The Morgan fingerprint density at radius 3 is 2.26 bits per heavy atom. The van der Waals surface area contributed by atoms with Crippen LogP contribution in [0.1, 0.15) is 29.8 Å². The molecule has 1 saturated heterocycles. The number of nitrogens with zero attached hydrogens (tertiary/aromatic N) is 1. The van der Waals surface area contributed by atoms with E-state index in [0.717, 1.165) is 0 Å². The summed E-state index contributed by atoms with van der Waals surface area (Å²) in [5.41, 5.74) is 6.50. The average Bonchev–Trinajstić information content (AvgIpc) is 2.79. The lowest BCUT2D eigenvalue weighted by Crippen LogP contribution is -2.45. The summed E-state index contributed by atoms with van der Waals surface area (Å²) < 4.78 is 36.5. The molecule has 1 fully saturated rings. The molecule has 0 aromatic heterocycles. The topological polar surface area (TPSA) is 112 Å². The van der Waals surface area contributed by atoms with Gasteiger partial charge >= 0.3 is 0 Å². The summed E-state index contributed by atoms with van der Waals surface area (Å²) in [5, 5.41) is 2.76. The maximum atomic E-state index is 14.8. The van der Waals surface area contributed by atoms with E-state index in [1.165, 1.54) is 32.4 Å². The van der Waals surface area contributed by atoms with Crippen LogP contribution in [0.15, 0.2) is 30.3 Å². The second kappa shape index (κ2) is 11.1. The van der Waals surface area contributed by atoms with Crippen LogP contribution < -0.4 is 30.2 Å². The molecule has 0 aliphatic carbocycles. The van der Waals surface area contributed by atoms with E-state index in [1.54, 1.807) is 12.1 Å². The predicted octanol–water partition coefficient (Wildman–Crippen LogP) is 2.25. The first kappa shape index (κ1) is 25.1. The van der Waals surface area contributed by atoms with Gasteiger partial charge in [-0.1, -0.05) is 6.07 Å². The number of amides is 2. The second-order valence-electron chi connectivity index (χ2n) is 8.10. The van der Waals surface area contributed by atoms with Crippen LogP contribution in [-0.2, 0) is 16.1 Å². The number of hydrogen-bond donors (Lipinski definition) is 2.